The summed E-state index contributed by atoms with van der Waals surface area (Å²) in [4.78, 5) is 10.3. The van der Waals surface area contributed by atoms with E-state index in [1.807, 2.05) is 0 Å². The number of alkyl halides is 3. The fourth-order valence-corrected chi connectivity index (χ4v) is 1.15. The number of rotatable bonds is 5. The Labute approximate surface area is 80.7 Å². The van der Waals surface area contributed by atoms with Gasteiger partial charge in [0.15, 0.2) is 6.54 Å². The lowest BCUT2D eigenvalue weighted by atomic mass is 10.2. The van der Waals surface area contributed by atoms with Crippen molar-refractivity contribution in [2.24, 2.45) is 0 Å². The Hall–Kier alpha value is -0.780. The van der Waals surface area contributed by atoms with Gasteiger partial charge < -0.3 is 9.59 Å². The van der Waals surface area contributed by atoms with Gasteiger partial charge in [0.1, 0.15) is 0 Å². The molecule has 0 radical (unpaired) electrons. The summed E-state index contributed by atoms with van der Waals surface area (Å²) in [6.07, 6.45) is -5.04. The van der Waals surface area contributed by atoms with Crippen molar-refractivity contribution in [1.29, 1.82) is 0 Å². The molecule has 0 fully saturated rings. The molecule has 0 aromatic heterocycles. The van der Waals surface area contributed by atoms with E-state index in [0.717, 1.165) is 0 Å². The topological polar surface area (TPSA) is 37.3 Å². The van der Waals surface area contributed by atoms with Crippen molar-refractivity contribution in [3.63, 3.8) is 0 Å². The predicted molar refractivity (Wildman–Crippen MR) is 44.8 cm³/mol. The van der Waals surface area contributed by atoms with Gasteiger partial charge in [-0.3, -0.25) is 0 Å². The van der Waals surface area contributed by atoms with Gasteiger partial charge in [-0.25, -0.2) is 4.79 Å². The van der Waals surface area contributed by atoms with Crippen LogP contribution in [0.4, 0.5) is 13.2 Å². The highest BCUT2D eigenvalue weighted by Crippen LogP contribution is 2.21. The average molecular weight is 214 g/mol. The molecule has 0 amide bonds. The second-order valence-electron chi connectivity index (χ2n) is 3.93. The van der Waals surface area contributed by atoms with Crippen LogP contribution < -0.4 is 0 Å². The van der Waals surface area contributed by atoms with Gasteiger partial charge in [0.2, 0.25) is 0 Å². The van der Waals surface area contributed by atoms with Crippen LogP contribution in [0.1, 0.15) is 12.8 Å². The molecule has 1 N–H and O–H groups in total. The molecule has 0 unspecified atom stereocenters. The van der Waals surface area contributed by atoms with Gasteiger partial charge in [0.25, 0.3) is 0 Å². The fourth-order valence-electron chi connectivity index (χ4n) is 1.15. The summed E-state index contributed by atoms with van der Waals surface area (Å²) < 4.78 is 35.4. The Bertz CT molecular complexity index is 201. The van der Waals surface area contributed by atoms with E-state index in [9.17, 15) is 18.0 Å². The molecule has 0 atom stereocenters. The molecule has 0 aromatic carbocycles. The number of carboxylic acid groups (broad SMARTS) is 1. The number of quaternary nitrogens is 1. The molecule has 84 valence electrons. The van der Waals surface area contributed by atoms with Crippen LogP contribution in [0.15, 0.2) is 0 Å². The van der Waals surface area contributed by atoms with E-state index in [4.69, 9.17) is 5.11 Å². The average Bonchev–Trinajstić information content (AvgIpc) is 1.78. The highest BCUT2D eigenvalue weighted by Gasteiger charge is 2.28. The summed E-state index contributed by atoms with van der Waals surface area (Å²) in [7, 11) is 3.20. The Morgan fingerprint density at radius 1 is 1.36 bits per heavy atom. The molecule has 0 bridgehead atoms. The number of halogens is 3. The number of nitrogens with zero attached hydrogens (tertiary/aromatic N) is 1. The van der Waals surface area contributed by atoms with Gasteiger partial charge in [-0.1, -0.05) is 0 Å². The zero-order valence-corrected chi connectivity index (χ0v) is 8.26. The summed E-state index contributed by atoms with van der Waals surface area (Å²) in [6, 6.07) is 0. The Morgan fingerprint density at radius 3 is 2.21 bits per heavy atom. The van der Waals surface area contributed by atoms with Crippen LogP contribution in [-0.2, 0) is 4.79 Å². The minimum Gasteiger partial charge on any atom is -0.477 e. The number of likely N-dealkylation sites (N-methyl/N-ethyl adjacent to an activating group) is 1. The van der Waals surface area contributed by atoms with Crippen LogP contribution in [0.2, 0.25) is 0 Å². The number of aliphatic carboxylic acids is 1. The SMILES string of the molecule is C[N+](C)(CCCC(F)(F)F)CC(=O)O. The van der Waals surface area contributed by atoms with Gasteiger partial charge in [-0.15, -0.1) is 0 Å². The first kappa shape index (κ1) is 13.2. The second-order valence-corrected chi connectivity index (χ2v) is 3.93. The predicted octanol–water partition coefficient (Wildman–Crippen LogP) is 1.49. The van der Waals surface area contributed by atoms with E-state index in [0.29, 0.717) is 0 Å². The number of hydrogen-bond acceptors (Lipinski definition) is 1. The summed E-state index contributed by atoms with van der Waals surface area (Å²) in [5.74, 6) is -0.998. The van der Waals surface area contributed by atoms with Crippen molar-refractivity contribution >= 4 is 5.97 Å². The van der Waals surface area contributed by atoms with Gasteiger partial charge in [-0.05, 0) is 0 Å². The zero-order valence-electron chi connectivity index (χ0n) is 8.26. The molecular formula is C8H15F3NO2+. The van der Waals surface area contributed by atoms with Gasteiger partial charge in [-0.2, -0.15) is 13.2 Å². The molecule has 6 heteroatoms. The molecule has 0 heterocycles. The number of carboxylic acids is 1. The Morgan fingerprint density at radius 2 is 1.86 bits per heavy atom. The standard InChI is InChI=1S/C8H14F3NO2/c1-12(2,6-7(13)14)5-3-4-8(9,10)11/h3-6H2,1-2H3/p+1. The molecule has 3 nitrogen and oxygen atoms in total. The first-order valence-electron chi connectivity index (χ1n) is 4.23. The lowest BCUT2D eigenvalue weighted by molar-refractivity contribution is -0.883. The Kier molecular flexibility index (Phi) is 4.38. The molecule has 0 aromatic rings. The highest BCUT2D eigenvalue weighted by molar-refractivity contribution is 5.67. The van der Waals surface area contributed by atoms with Crippen molar-refractivity contribution in [2.75, 3.05) is 27.2 Å². The largest absolute Gasteiger partial charge is 0.477 e. The number of hydrogen-bond donors (Lipinski definition) is 1. The maximum atomic E-state index is 11.8. The smallest absolute Gasteiger partial charge is 0.389 e. The summed E-state index contributed by atoms with van der Waals surface area (Å²) >= 11 is 0. The molecule has 0 spiro atoms. The fraction of sp³-hybridized carbons (Fsp3) is 0.875. The molecule has 0 aliphatic carbocycles. The van der Waals surface area contributed by atoms with Crippen molar-refractivity contribution in [2.45, 2.75) is 19.0 Å². The molecule has 14 heavy (non-hydrogen) atoms. The molecule has 0 aliphatic heterocycles. The third-order valence-electron chi connectivity index (χ3n) is 1.79. The maximum Gasteiger partial charge on any atom is 0.389 e. The number of carbonyl (C=O) groups is 1. The minimum atomic E-state index is -4.15. The zero-order chi connectivity index (χ0) is 11.4. The van der Waals surface area contributed by atoms with E-state index in [-0.39, 0.29) is 24.0 Å². The normalized spacial score (nSPS) is 12.9. The lowest BCUT2D eigenvalue weighted by Gasteiger charge is -2.27. The van der Waals surface area contributed by atoms with Crippen molar-refractivity contribution in [3.8, 4) is 0 Å². The third-order valence-corrected chi connectivity index (χ3v) is 1.79. The molecule has 0 saturated carbocycles. The van der Waals surface area contributed by atoms with E-state index in [2.05, 4.69) is 0 Å². The molecule has 0 saturated heterocycles. The second kappa shape index (κ2) is 4.63. The van der Waals surface area contributed by atoms with Crippen LogP contribution in [-0.4, -0.2) is 48.9 Å². The molecule has 0 rings (SSSR count). The maximum absolute atomic E-state index is 11.8. The third kappa shape index (κ3) is 7.85. The van der Waals surface area contributed by atoms with Crippen LogP contribution in [0.3, 0.4) is 0 Å². The van der Waals surface area contributed by atoms with Crippen molar-refractivity contribution in [1.82, 2.24) is 0 Å². The van der Waals surface area contributed by atoms with Gasteiger partial charge in [0, 0.05) is 12.8 Å². The van der Waals surface area contributed by atoms with E-state index in [1.165, 1.54) is 0 Å². The van der Waals surface area contributed by atoms with Crippen LogP contribution in [0.5, 0.6) is 0 Å². The Balaban J connectivity index is 3.82. The first-order chi connectivity index (χ1) is 6.12. The van der Waals surface area contributed by atoms with Crippen LogP contribution in [0.25, 0.3) is 0 Å². The van der Waals surface area contributed by atoms with Gasteiger partial charge >= 0.3 is 12.1 Å². The van der Waals surface area contributed by atoms with Gasteiger partial charge in [0.05, 0.1) is 20.6 Å². The van der Waals surface area contributed by atoms with Crippen LogP contribution in [0, 0.1) is 0 Å². The molecule has 0 aliphatic rings. The summed E-state index contributed by atoms with van der Waals surface area (Å²) in [6.45, 7) is 0.0592. The van der Waals surface area contributed by atoms with Crippen molar-refractivity contribution in [3.05, 3.63) is 0 Å². The summed E-state index contributed by atoms with van der Waals surface area (Å²) in [5, 5.41) is 8.47. The van der Waals surface area contributed by atoms with E-state index < -0.39 is 18.6 Å². The quantitative estimate of drug-likeness (QED) is 0.704. The van der Waals surface area contributed by atoms with Crippen molar-refractivity contribution < 1.29 is 27.6 Å². The van der Waals surface area contributed by atoms with Crippen LogP contribution >= 0.6 is 0 Å². The molecular weight excluding hydrogens is 199 g/mol. The minimum absolute atomic E-state index is 0.0379. The highest BCUT2D eigenvalue weighted by atomic mass is 19.4. The first-order valence-corrected chi connectivity index (χ1v) is 4.23. The monoisotopic (exact) mass is 214 g/mol. The lowest BCUT2D eigenvalue weighted by Crippen LogP contribution is -2.44. The summed E-state index contributed by atoms with van der Waals surface area (Å²) in [5.41, 5.74) is 0. The van der Waals surface area contributed by atoms with E-state index >= 15 is 0 Å². The van der Waals surface area contributed by atoms with E-state index in [1.54, 1.807) is 14.1 Å².